The van der Waals surface area contributed by atoms with E-state index < -0.39 is 0 Å². The van der Waals surface area contributed by atoms with Crippen LogP contribution in [0, 0.1) is 5.92 Å². The van der Waals surface area contributed by atoms with Crippen molar-refractivity contribution in [3.8, 4) is 0 Å². The number of likely N-dealkylation sites (tertiary alicyclic amines) is 1. The minimum atomic E-state index is 0.130. The summed E-state index contributed by atoms with van der Waals surface area (Å²) in [5.74, 6) is 0.614. The molecule has 2 rings (SSSR count). The Balaban J connectivity index is 2.19. The van der Waals surface area contributed by atoms with E-state index in [9.17, 15) is 0 Å². The number of rotatable bonds is 5. The summed E-state index contributed by atoms with van der Waals surface area (Å²) in [4.78, 5) is 2.47. The van der Waals surface area contributed by atoms with E-state index in [-0.39, 0.29) is 12.1 Å². The van der Waals surface area contributed by atoms with Gasteiger partial charge in [-0.2, -0.15) is 5.10 Å². The lowest BCUT2D eigenvalue weighted by molar-refractivity contribution is -0.0234. The molecule has 0 amide bonds. The summed E-state index contributed by atoms with van der Waals surface area (Å²) >= 11 is 0. The van der Waals surface area contributed by atoms with Crippen molar-refractivity contribution in [2.45, 2.75) is 44.9 Å². The Kier molecular flexibility index (Phi) is 5.18. The maximum atomic E-state index is 6.39. The van der Waals surface area contributed by atoms with Gasteiger partial charge in [-0.3, -0.25) is 9.58 Å². The van der Waals surface area contributed by atoms with Crippen LogP contribution in [0.2, 0.25) is 0 Å². The summed E-state index contributed by atoms with van der Waals surface area (Å²) in [5.41, 5.74) is 7.61. The Hall–Kier alpha value is -0.910. The average molecular weight is 280 g/mol. The van der Waals surface area contributed by atoms with Crippen LogP contribution in [0.4, 0.5) is 0 Å². The molecule has 1 aliphatic rings. The summed E-state index contributed by atoms with van der Waals surface area (Å²) < 4.78 is 7.49. The van der Waals surface area contributed by atoms with E-state index in [1.165, 1.54) is 5.56 Å². The smallest absolute Gasteiger partial charge is 0.0724 e. The molecule has 0 bridgehead atoms. The lowest BCUT2D eigenvalue weighted by Gasteiger charge is -2.42. The molecule has 4 atom stereocenters. The van der Waals surface area contributed by atoms with Gasteiger partial charge in [0, 0.05) is 38.5 Å². The fraction of sp³-hybridized carbons (Fsp3) is 0.800. The maximum Gasteiger partial charge on any atom is 0.0724 e. The van der Waals surface area contributed by atoms with Crippen molar-refractivity contribution >= 4 is 0 Å². The second-order valence-corrected chi connectivity index (χ2v) is 6.00. The van der Waals surface area contributed by atoms with Crippen LogP contribution in [0.1, 0.15) is 38.3 Å². The number of hydrogen-bond donors (Lipinski definition) is 1. The molecule has 0 saturated carbocycles. The summed E-state index contributed by atoms with van der Waals surface area (Å²) in [5, 5.41) is 4.31. The number of nitrogens with two attached hydrogens (primary N) is 1. The Morgan fingerprint density at radius 1 is 1.55 bits per heavy atom. The monoisotopic (exact) mass is 280 g/mol. The second-order valence-electron chi connectivity index (χ2n) is 6.00. The molecule has 0 aliphatic carbocycles. The zero-order chi connectivity index (χ0) is 14.7. The normalized spacial score (nSPS) is 27.4. The van der Waals surface area contributed by atoms with Crippen LogP contribution in [0.5, 0.6) is 0 Å². The first-order chi connectivity index (χ1) is 9.56. The van der Waals surface area contributed by atoms with Gasteiger partial charge in [0.2, 0.25) is 0 Å². The third kappa shape index (κ3) is 3.22. The van der Waals surface area contributed by atoms with Crippen LogP contribution in [0.25, 0.3) is 0 Å². The average Bonchev–Trinajstić information content (AvgIpc) is 2.86. The molecule has 1 fully saturated rings. The van der Waals surface area contributed by atoms with E-state index in [0.29, 0.717) is 12.0 Å². The third-order valence-corrected chi connectivity index (χ3v) is 4.56. The molecule has 0 radical (unpaired) electrons. The Morgan fingerprint density at radius 3 is 2.85 bits per heavy atom. The Labute approximate surface area is 122 Å². The summed E-state index contributed by atoms with van der Waals surface area (Å²) in [6, 6.07) is 0.365. The van der Waals surface area contributed by atoms with Gasteiger partial charge in [0.15, 0.2) is 0 Å². The molecule has 5 nitrogen and oxygen atoms in total. The first-order valence-electron chi connectivity index (χ1n) is 7.57. The van der Waals surface area contributed by atoms with E-state index >= 15 is 0 Å². The molecular weight excluding hydrogens is 252 g/mol. The third-order valence-electron chi connectivity index (χ3n) is 4.56. The van der Waals surface area contributed by atoms with Gasteiger partial charge in [-0.1, -0.05) is 13.8 Å². The molecule has 1 aliphatic heterocycles. The molecule has 1 aromatic heterocycles. The fourth-order valence-electron chi connectivity index (χ4n) is 3.16. The molecule has 1 saturated heterocycles. The molecule has 114 valence electrons. The van der Waals surface area contributed by atoms with Gasteiger partial charge in [-0.05, 0) is 25.3 Å². The van der Waals surface area contributed by atoms with Crippen LogP contribution in [0.15, 0.2) is 12.4 Å². The zero-order valence-corrected chi connectivity index (χ0v) is 13.1. The second kappa shape index (κ2) is 6.70. The van der Waals surface area contributed by atoms with E-state index in [1.807, 2.05) is 25.0 Å². The lowest BCUT2D eigenvalue weighted by atomic mass is 9.91. The number of aryl methyl sites for hydroxylation is 1. The summed E-state index contributed by atoms with van der Waals surface area (Å²) in [7, 11) is 3.76. The minimum Gasteiger partial charge on any atom is -0.380 e. The lowest BCUT2D eigenvalue weighted by Crippen LogP contribution is -2.49. The fourth-order valence-corrected chi connectivity index (χ4v) is 3.16. The predicted octanol–water partition coefficient (Wildman–Crippen LogP) is 1.56. The van der Waals surface area contributed by atoms with E-state index in [0.717, 1.165) is 25.9 Å². The molecular formula is C15H28N4O. The molecule has 20 heavy (non-hydrogen) atoms. The van der Waals surface area contributed by atoms with Crippen LogP contribution in [-0.4, -0.2) is 47.0 Å². The predicted molar refractivity (Wildman–Crippen MR) is 80.4 cm³/mol. The van der Waals surface area contributed by atoms with Crippen LogP contribution >= 0.6 is 0 Å². The van der Waals surface area contributed by atoms with Crippen molar-refractivity contribution in [1.29, 1.82) is 0 Å². The molecule has 4 unspecified atom stereocenters. The van der Waals surface area contributed by atoms with Crippen molar-refractivity contribution in [3.05, 3.63) is 18.0 Å². The molecule has 0 aromatic carbocycles. The van der Waals surface area contributed by atoms with Gasteiger partial charge >= 0.3 is 0 Å². The Morgan fingerprint density at radius 2 is 2.30 bits per heavy atom. The van der Waals surface area contributed by atoms with E-state index in [1.54, 1.807) is 0 Å². The van der Waals surface area contributed by atoms with Crippen molar-refractivity contribution in [2.75, 3.05) is 20.2 Å². The highest BCUT2D eigenvalue weighted by molar-refractivity contribution is 5.14. The molecule has 2 N–H and O–H groups in total. The van der Waals surface area contributed by atoms with Gasteiger partial charge < -0.3 is 10.5 Å². The first kappa shape index (κ1) is 15.5. The minimum absolute atomic E-state index is 0.130. The Bertz CT molecular complexity index is 420. The van der Waals surface area contributed by atoms with Crippen molar-refractivity contribution in [1.82, 2.24) is 14.7 Å². The summed E-state index contributed by atoms with van der Waals surface area (Å²) in [6.07, 6.45) is 6.45. The molecule has 2 heterocycles. The van der Waals surface area contributed by atoms with Crippen molar-refractivity contribution in [2.24, 2.45) is 18.7 Å². The summed E-state index contributed by atoms with van der Waals surface area (Å²) in [6.45, 7) is 6.44. The number of methoxy groups -OCH3 is 1. The van der Waals surface area contributed by atoms with Crippen LogP contribution < -0.4 is 5.73 Å². The highest BCUT2D eigenvalue weighted by atomic mass is 16.5. The van der Waals surface area contributed by atoms with E-state index in [2.05, 4.69) is 30.0 Å². The van der Waals surface area contributed by atoms with Gasteiger partial charge in [0.05, 0.1) is 18.3 Å². The van der Waals surface area contributed by atoms with E-state index in [4.69, 9.17) is 10.5 Å². The highest BCUT2D eigenvalue weighted by Crippen LogP contribution is 2.30. The first-order valence-corrected chi connectivity index (χ1v) is 7.57. The number of nitrogens with zero attached hydrogens (tertiary/aromatic N) is 3. The molecule has 0 spiro atoms. The standard InChI is InChI=1S/C15H28N4O/c1-5-13(16)15(12-8-17-18(3)9-12)19-7-6-11(2)14(10-19)20-4/h8-9,11,13-15H,5-7,10,16H2,1-4H3. The van der Waals surface area contributed by atoms with Gasteiger partial charge in [0.1, 0.15) is 0 Å². The largest absolute Gasteiger partial charge is 0.380 e. The quantitative estimate of drug-likeness (QED) is 0.889. The number of hydrogen-bond acceptors (Lipinski definition) is 4. The SMILES string of the molecule is CCC(N)C(c1cnn(C)c1)N1CCC(C)C(OC)C1. The molecule has 5 heteroatoms. The van der Waals surface area contributed by atoms with Crippen molar-refractivity contribution in [3.63, 3.8) is 0 Å². The maximum absolute atomic E-state index is 6.39. The topological polar surface area (TPSA) is 56.3 Å². The zero-order valence-electron chi connectivity index (χ0n) is 13.1. The van der Waals surface area contributed by atoms with Gasteiger partial charge in [-0.25, -0.2) is 0 Å². The van der Waals surface area contributed by atoms with Crippen molar-refractivity contribution < 1.29 is 4.74 Å². The number of piperidine rings is 1. The van der Waals surface area contributed by atoms with Gasteiger partial charge in [0.25, 0.3) is 0 Å². The highest BCUT2D eigenvalue weighted by Gasteiger charge is 2.33. The van der Waals surface area contributed by atoms with Crippen LogP contribution in [-0.2, 0) is 11.8 Å². The number of ether oxygens (including phenoxy) is 1. The van der Waals surface area contributed by atoms with Crippen LogP contribution in [0.3, 0.4) is 0 Å². The van der Waals surface area contributed by atoms with Gasteiger partial charge in [-0.15, -0.1) is 0 Å². The number of aromatic nitrogens is 2. The molecule has 1 aromatic rings.